The monoisotopic (exact) mass is 942 g/mol. The maximum atomic E-state index is 15.5. The largest absolute Gasteiger partial charge is 0.380 e. The number of rotatable bonds is 22. The zero-order valence-electron chi connectivity index (χ0n) is 39.3. The van der Waals surface area contributed by atoms with Crippen molar-refractivity contribution in [2.24, 2.45) is 0 Å². The minimum absolute atomic E-state index is 0.0833. The van der Waals surface area contributed by atoms with Gasteiger partial charge in [0.25, 0.3) is 11.5 Å². The molecule has 1 unspecified atom stereocenters. The number of hydrogen-bond acceptors (Lipinski definition) is 9. The Morgan fingerprint density at radius 2 is 1.68 bits per heavy atom. The number of halogens is 1. The molecule has 1 aliphatic carbocycles. The minimum atomic E-state index is -1.12. The molecule has 3 atom stereocenters. The van der Waals surface area contributed by atoms with Gasteiger partial charge in [-0.15, -0.1) is 6.58 Å². The van der Waals surface area contributed by atoms with Crippen LogP contribution in [-0.4, -0.2) is 89.2 Å². The molecular weight excluding hydrogens is 884 g/mol. The zero-order chi connectivity index (χ0) is 49.4. The molecule has 7 rings (SSSR count). The van der Waals surface area contributed by atoms with Crippen LogP contribution in [0.25, 0.3) is 22.3 Å². The van der Waals surface area contributed by atoms with Gasteiger partial charge in [0.2, 0.25) is 29.5 Å². The summed E-state index contributed by atoms with van der Waals surface area (Å²) in [6.45, 7) is 11.1. The molecule has 2 aromatic carbocycles. The molecule has 0 saturated heterocycles. The van der Waals surface area contributed by atoms with Gasteiger partial charge in [-0.05, 0) is 79.0 Å². The number of nitrogens with one attached hydrogen (secondary N) is 5. The fourth-order valence-electron chi connectivity index (χ4n) is 9.47. The summed E-state index contributed by atoms with van der Waals surface area (Å²) in [7, 11) is 1.54. The Kier molecular flexibility index (Phi) is 16.0. The van der Waals surface area contributed by atoms with Crippen LogP contribution in [0.4, 0.5) is 4.39 Å². The molecule has 4 aromatic rings. The second kappa shape index (κ2) is 22.2. The number of carbonyl (C=O) groups excluding carboxylic acids is 6. The standard InChI is InChI=1S/C52H59FN8O8/c1-6-33(7-2)35-23-42-50-36(28-61(42)52(68)37(35)29-69-5)49-39(19-18-34-31(4)38(53)24-40(59-50)48(34)49)57-46(65)27-56-51(67)41(22-32-14-10-8-11-15-32)58-45(64)26-55-44(63)25-54-43(62)16-12-9-13-21-60-30(3)17-20-47(60)66/h6,8,10-11,14-15,17,20,23-24,33,39,41H,1,3,7,9,12-13,16,18-19,21-22,25-29H2,2,4-5H3,(H,54,62)(H,55,63)(H,56,67)(H,57,65)(H,58,64)/t33?,39-,41-/m0/s1. The molecule has 5 N–H and O–H groups in total. The van der Waals surface area contributed by atoms with Crippen molar-refractivity contribution in [3.8, 4) is 11.4 Å². The van der Waals surface area contributed by atoms with E-state index in [2.05, 4.69) is 39.7 Å². The highest BCUT2D eigenvalue weighted by atomic mass is 19.1. The van der Waals surface area contributed by atoms with Gasteiger partial charge in [-0.3, -0.25) is 33.6 Å². The van der Waals surface area contributed by atoms with Crippen LogP contribution in [0.15, 0.2) is 84.3 Å². The Hall–Kier alpha value is -7.27. The van der Waals surface area contributed by atoms with E-state index in [9.17, 15) is 33.6 Å². The smallest absolute Gasteiger partial charge is 0.257 e. The van der Waals surface area contributed by atoms with Gasteiger partial charge in [0, 0.05) is 66.8 Å². The third kappa shape index (κ3) is 11.2. The lowest BCUT2D eigenvalue weighted by molar-refractivity contribution is -0.131. The van der Waals surface area contributed by atoms with E-state index < -0.39 is 54.6 Å². The van der Waals surface area contributed by atoms with Crippen molar-refractivity contribution in [3.05, 3.63) is 135 Å². The molecule has 0 fully saturated rings. The van der Waals surface area contributed by atoms with Gasteiger partial charge < -0.3 is 40.8 Å². The second-order valence-electron chi connectivity index (χ2n) is 17.6. The fraction of sp³-hybridized carbons (Fsp3) is 0.385. The molecular formula is C52H59FN8O8. The SMILES string of the molecule is C=CC(CC)c1cc2n(c(=O)c1COC)Cc1c-2nc2cc(F)c(C)c3c2c1[C@@H](NC(=O)CNC(=O)[C@H](Cc1ccccc1)NC(=O)CNC(=O)CNC(=O)CCCCCN1C(=C)C=CC1=O)CC3. The number of carbonyl (C=O) groups is 6. The van der Waals surface area contributed by atoms with Crippen molar-refractivity contribution in [2.45, 2.75) is 96.4 Å². The molecule has 2 aromatic heterocycles. The van der Waals surface area contributed by atoms with Crippen molar-refractivity contribution in [3.63, 3.8) is 0 Å². The summed E-state index contributed by atoms with van der Waals surface area (Å²) in [6.07, 6.45) is 8.72. The first kappa shape index (κ1) is 49.6. The van der Waals surface area contributed by atoms with Crippen molar-refractivity contribution in [1.29, 1.82) is 0 Å². The van der Waals surface area contributed by atoms with Crippen LogP contribution in [0.5, 0.6) is 0 Å². The Labute approximate surface area is 399 Å². The van der Waals surface area contributed by atoms with E-state index in [0.717, 1.165) is 33.2 Å². The number of benzene rings is 2. The van der Waals surface area contributed by atoms with Crippen LogP contribution >= 0.6 is 0 Å². The Balaban J connectivity index is 0.983. The molecule has 17 heteroatoms. The van der Waals surface area contributed by atoms with Crippen molar-refractivity contribution in [2.75, 3.05) is 33.3 Å². The van der Waals surface area contributed by atoms with Crippen molar-refractivity contribution >= 4 is 46.3 Å². The second-order valence-corrected chi connectivity index (χ2v) is 17.6. The lowest BCUT2D eigenvalue weighted by Gasteiger charge is -2.30. The summed E-state index contributed by atoms with van der Waals surface area (Å²) < 4.78 is 22.6. The number of aryl methyl sites for hydroxylation is 1. The molecule has 16 nitrogen and oxygen atoms in total. The highest BCUT2D eigenvalue weighted by Crippen LogP contribution is 2.45. The summed E-state index contributed by atoms with van der Waals surface area (Å²) in [4.78, 5) is 98.2. The zero-order valence-corrected chi connectivity index (χ0v) is 39.3. The van der Waals surface area contributed by atoms with Gasteiger partial charge in [0.05, 0.1) is 55.7 Å². The van der Waals surface area contributed by atoms with Crippen molar-refractivity contribution < 1.29 is 37.9 Å². The number of nitrogens with zero attached hydrogens (tertiary/aromatic N) is 3. The van der Waals surface area contributed by atoms with Gasteiger partial charge >= 0.3 is 0 Å². The van der Waals surface area contributed by atoms with E-state index >= 15 is 4.39 Å². The van der Waals surface area contributed by atoms with Crippen LogP contribution < -0.4 is 32.1 Å². The number of fused-ring (bicyclic) bond motifs is 4. The van der Waals surface area contributed by atoms with Gasteiger partial charge in [-0.1, -0.05) is 56.3 Å². The van der Waals surface area contributed by atoms with E-state index in [4.69, 9.17) is 9.72 Å². The summed E-state index contributed by atoms with van der Waals surface area (Å²) in [6, 6.07) is 10.6. The highest BCUT2D eigenvalue weighted by Gasteiger charge is 2.36. The van der Waals surface area contributed by atoms with E-state index in [0.29, 0.717) is 78.8 Å². The van der Waals surface area contributed by atoms with Crippen molar-refractivity contribution in [1.82, 2.24) is 41.0 Å². The predicted molar refractivity (Wildman–Crippen MR) is 258 cm³/mol. The average molecular weight is 943 g/mol. The van der Waals surface area contributed by atoms with Gasteiger partial charge in [-0.25, -0.2) is 9.37 Å². The van der Waals surface area contributed by atoms with Gasteiger partial charge in [0.15, 0.2) is 0 Å². The fourth-order valence-corrected chi connectivity index (χ4v) is 9.47. The molecule has 0 saturated carbocycles. The molecule has 2 aliphatic heterocycles. The topological polar surface area (TPSA) is 210 Å². The van der Waals surface area contributed by atoms with Crippen LogP contribution in [0.2, 0.25) is 0 Å². The molecule has 362 valence electrons. The number of allylic oxidation sites excluding steroid dienone is 2. The molecule has 0 bridgehead atoms. The molecule has 4 heterocycles. The number of ether oxygens (including phenoxy) is 1. The minimum Gasteiger partial charge on any atom is -0.380 e. The first-order valence-corrected chi connectivity index (χ1v) is 23.4. The number of methoxy groups -OCH3 is 1. The predicted octanol–water partition coefficient (Wildman–Crippen LogP) is 4.35. The molecule has 6 amide bonds. The summed E-state index contributed by atoms with van der Waals surface area (Å²) in [5, 5.41) is 14.2. The number of pyridine rings is 2. The van der Waals surface area contributed by atoms with E-state index in [1.807, 2.05) is 19.1 Å². The maximum absolute atomic E-state index is 15.5. The summed E-state index contributed by atoms with van der Waals surface area (Å²) in [5.41, 5.74) is 6.77. The van der Waals surface area contributed by atoms with E-state index in [1.165, 1.54) is 19.3 Å². The third-order valence-electron chi connectivity index (χ3n) is 13.1. The quantitative estimate of drug-likeness (QED) is 0.0493. The molecule has 0 spiro atoms. The van der Waals surface area contributed by atoms with Gasteiger partial charge in [0.1, 0.15) is 11.9 Å². The lowest BCUT2D eigenvalue weighted by Crippen LogP contribution is -2.52. The van der Waals surface area contributed by atoms with Crippen LogP contribution in [-0.2, 0) is 59.5 Å². The number of amides is 6. The first-order chi connectivity index (χ1) is 33.2. The number of hydrogen-bond donors (Lipinski definition) is 5. The van der Waals surface area contributed by atoms with Crippen LogP contribution in [0.1, 0.15) is 96.4 Å². The summed E-state index contributed by atoms with van der Waals surface area (Å²) in [5.74, 6) is -3.37. The molecule has 69 heavy (non-hydrogen) atoms. The van der Waals surface area contributed by atoms with Crippen LogP contribution in [0.3, 0.4) is 0 Å². The number of unbranched alkanes of at least 4 members (excludes halogenated alkanes) is 2. The highest BCUT2D eigenvalue weighted by molar-refractivity contribution is 5.95. The maximum Gasteiger partial charge on any atom is 0.257 e. The summed E-state index contributed by atoms with van der Waals surface area (Å²) >= 11 is 0. The van der Waals surface area contributed by atoms with Crippen LogP contribution in [0, 0.1) is 12.7 Å². The van der Waals surface area contributed by atoms with Gasteiger partial charge in [-0.2, -0.15) is 0 Å². The lowest BCUT2D eigenvalue weighted by atomic mass is 9.81. The molecule has 0 radical (unpaired) electrons. The first-order valence-electron chi connectivity index (χ1n) is 23.4. The third-order valence-corrected chi connectivity index (χ3v) is 13.1. The Bertz CT molecular complexity index is 2790. The molecule has 3 aliphatic rings. The Morgan fingerprint density at radius 3 is 2.39 bits per heavy atom. The average Bonchev–Trinajstić information content (AvgIpc) is 3.87. The normalized spacial score (nSPS) is 15.3. The van der Waals surface area contributed by atoms with E-state index in [1.54, 1.807) is 52.8 Å². The van der Waals surface area contributed by atoms with E-state index in [-0.39, 0.29) is 55.8 Å². The Morgan fingerprint density at radius 1 is 0.942 bits per heavy atom. The number of aromatic nitrogens is 2.